The zero-order chi connectivity index (χ0) is 7.28. The molecular formula is C5H9N3O. The van der Waals surface area contributed by atoms with Crippen molar-refractivity contribution in [2.75, 3.05) is 0 Å². The quantitative estimate of drug-likeness (QED) is 0.347. The van der Waals surface area contributed by atoms with Crippen molar-refractivity contribution >= 4 is 11.5 Å². The van der Waals surface area contributed by atoms with Gasteiger partial charge in [0.15, 0.2) is 5.78 Å². The van der Waals surface area contributed by atoms with Gasteiger partial charge in [-0.3, -0.25) is 4.79 Å². The highest BCUT2D eigenvalue weighted by Crippen LogP contribution is 1.86. The van der Waals surface area contributed by atoms with Gasteiger partial charge in [0.1, 0.15) is 5.71 Å². The second-order valence-corrected chi connectivity index (χ2v) is 1.56. The molecule has 0 atom stereocenters. The van der Waals surface area contributed by atoms with Crippen LogP contribution in [0.5, 0.6) is 0 Å². The van der Waals surface area contributed by atoms with Crippen LogP contribution in [0.1, 0.15) is 20.3 Å². The van der Waals surface area contributed by atoms with E-state index >= 15 is 0 Å². The lowest BCUT2D eigenvalue weighted by Gasteiger charge is -1.88. The summed E-state index contributed by atoms with van der Waals surface area (Å²) in [5, 5.41) is 5.98. The third-order valence-corrected chi connectivity index (χ3v) is 0.925. The highest BCUT2D eigenvalue weighted by Gasteiger charge is 2.00. The zero-order valence-corrected chi connectivity index (χ0v) is 5.51. The van der Waals surface area contributed by atoms with E-state index in [-0.39, 0.29) is 5.78 Å². The monoisotopic (exact) mass is 127 g/mol. The summed E-state index contributed by atoms with van der Waals surface area (Å²) in [7, 11) is 0. The molecule has 0 unspecified atom stereocenters. The topological polar surface area (TPSA) is 65.6 Å². The largest absolute Gasteiger partial charge is 0.293 e. The molecule has 0 saturated carbocycles. The van der Waals surface area contributed by atoms with Crippen LogP contribution in [0.15, 0.2) is 10.3 Å². The first-order chi connectivity index (χ1) is 4.22. The molecule has 0 radical (unpaired) electrons. The number of Topliss-reactive ketones (excluding diaryl/α,β-unsaturated/α-hetero) is 1. The Labute approximate surface area is 53.5 Å². The zero-order valence-electron chi connectivity index (χ0n) is 5.51. The minimum Gasteiger partial charge on any atom is -0.293 e. The van der Waals surface area contributed by atoms with Crippen LogP contribution in [0.3, 0.4) is 0 Å². The Morgan fingerprint density at radius 3 is 2.56 bits per heavy atom. The smallest absolute Gasteiger partial charge is 0.178 e. The van der Waals surface area contributed by atoms with Crippen molar-refractivity contribution in [3.63, 3.8) is 0 Å². The van der Waals surface area contributed by atoms with E-state index in [4.69, 9.17) is 5.53 Å². The SMILES string of the molecule is CCC(=O)/C(C)=N/N=N. The van der Waals surface area contributed by atoms with Gasteiger partial charge in [-0.2, -0.15) is 5.53 Å². The van der Waals surface area contributed by atoms with E-state index in [1.165, 1.54) is 0 Å². The fourth-order valence-corrected chi connectivity index (χ4v) is 0.387. The molecule has 0 rings (SSSR count). The van der Waals surface area contributed by atoms with Gasteiger partial charge in [0.25, 0.3) is 0 Å². The number of carbonyl (C=O) groups excluding carboxylic acids is 1. The van der Waals surface area contributed by atoms with Crippen molar-refractivity contribution in [2.24, 2.45) is 10.3 Å². The molecule has 0 spiro atoms. The minimum absolute atomic E-state index is 0.0639. The summed E-state index contributed by atoms with van der Waals surface area (Å²) >= 11 is 0. The van der Waals surface area contributed by atoms with Gasteiger partial charge < -0.3 is 0 Å². The van der Waals surface area contributed by atoms with Crippen LogP contribution in [-0.2, 0) is 4.79 Å². The van der Waals surface area contributed by atoms with Crippen molar-refractivity contribution in [1.82, 2.24) is 0 Å². The fraction of sp³-hybridized carbons (Fsp3) is 0.600. The minimum atomic E-state index is -0.0639. The number of nitrogens with zero attached hydrogens (tertiary/aromatic N) is 2. The number of hydrogen-bond donors (Lipinski definition) is 1. The Balaban J connectivity index is 4.01. The fourth-order valence-electron chi connectivity index (χ4n) is 0.387. The molecule has 0 aliphatic carbocycles. The first kappa shape index (κ1) is 7.94. The Hall–Kier alpha value is -1.06. The highest BCUT2D eigenvalue weighted by molar-refractivity contribution is 6.38. The maximum absolute atomic E-state index is 10.6. The number of rotatable bonds is 3. The lowest BCUT2D eigenvalue weighted by atomic mass is 10.2. The second-order valence-electron chi connectivity index (χ2n) is 1.56. The molecule has 0 amide bonds. The van der Waals surface area contributed by atoms with Gasteiger partial charge in [-0.15, -0.1) is 5.10 Å². The number of hydrogen-bond acceptors (Lipinski definition) is 3. The summed E-state index contributed by atoms with van der Waals surface area (Å²) < 4.78 is 0. The van der Waals surface area contributed by atoms with Gasteiger partial charge >= 0.3 is 0 Å². The van der Waals surface area contributed by atoms with Crippen LogP contribution in [0.25, 0.3) is 0 Å². The van der Waals surface area contributed by atoms with Crippen LogP contribution in [-0.4, -0.2) is 11.5 Å². The summed E-state index contributed by atoms with van der Waals surface area (Å²) in [5.74, 6) is -0.0639. The summed E-state index contributed by atoms with van der Waals surface area (Å²) in [6.45, 7) is 3.29. The van der Waals surface area contributed by atoms with E-state index in [9.17, 15) is 4.79 Å². The third kappa shape index (κ3) is 2.69. The Morgan fingerprint density at radius 2 is 2.22 bits per heavy atom. The molecule has 0 aliphatic heterocycles. The molecule has 1 N–H and O–H groups in total. The Morgan fingerprint density at radius 1 is 1.67 bits per heavy atom. The highest BCUT2D eigenvalue weighted by atomic mass is 16.1. The molecule has 50 valence electrons. The van der Waals surface area contributed by atoms with Crippen LogP contribution >= 0.6 is 0 Å². The summed E-state index contributed by atoms with van der Waals surface area (Å²) in [4.78, 5) is 10.6. The van der Waals surface area contributed by atoms with E-state index in [0.717, 1.165) is 0 Å². The molecule has 0 saturated heterocycles. The molecule has 0 fully saturated rings. The van der Waals surface area contributed by atoms with Crippen LogP contribution < -0.4 is 0 Å². The maximum Gasteiger partial charge on any atom is 0.178 e. The molecule has 9 heavy (non-hydrogen) atoms. The van der Waals surface area contributed by atoms with Crippen molar-refractivity contribution < 1.29 is 4.79 Å². The molecule has 0 aliphatic rings. The molecule has 0 aromatic heterocycles. The van der Waals surface area contributed by atoms with Gasteiger partial charge in [0.2, 0.25) is 0 Å². The first-order valence-electron chi connectivity index (χ1n) is 2.66. The van der Waals surface area contributed by atoms with Gasteiger partial charge in [-0.25, -0.2) is 0 Å². The van der Waals surface area contributed by atoms with E-state index in [1.54, 1.807) is 13.8 Å². The van der Waals surface area contributed by atoms with E-state index in [1.807, 2.05) is 0 Å². The van der Waals surface area contributed by atoms with Crippen molar-refractivity contribution in [2.45, 2.75) is 20.3 Å². The molecular weight excluding hydrogens is 118 g/mol. The Bertz CT molecular complexity index is 150. The summed E-state index contributed by atoms with van der Waals surface area (Å²) in [6, 6.07) is 0. The van der Waals surface area contributed by atoms with Crippen LogP contribution in [0.4, 0.5) is 0 Å². The van der Waals surface area contributed by atoms with Gasteiger partial charge in [0, 0.05) is 6.42 Å². The van der Waals surface area contributed by atoms with Crippen LogP contribution in [0, 0.1) is 5.53 Å². The first-order valence-corrected chi connectivity index (χ1v) is 2.66. The number of nitrogens with one attached hydrogen (secondary N) is 1. The third-order valence-electron chi connectivity index (χ3n) is 0.925. The molecule has 0 aromatic carbocycles. The second kappa shape index (κ2) is 3.88. The van der Waals surface area contributed by atoms with Gasteiger partial charge in [-0.05, 0) is 6.92 Å². The number of ketones is 1. The van der Waals surface area contributed by atoms with E-state index < -0.39 is 0 Å². The predicted molar refractivity (Wildman–Crippen MR) is 33.6 cm³/mol. The average molecular weight is 127 g/mol. The van der Waals surface area contributed by atoms with Crippen molar-refractivity contribution in [3.05, 3.63) is 0 Å². The van der Waals surface area contributed by atoms with Crippen molar-refractivity contribution in [1.29, 1.82) is 5.53 Å². The summed E-state index contributed by atoms with van der Waals surface area (Å²) in [6.07, 6.45) is 0.421. The molecule has 0 aromatic rings. The average Bonchev–Trinajstić information content (AvgIpc) is 1.87. The molecule has 0 heterocycles. The van der Waals surface area contributed by atoms with E-state index in [2.05, 4.69) is 10.3 Å². The number of carbonyl (C=O) groups is 1. The van der Waals surface area contributed by atoms with Crippen LogP contribution in [0.2, 0.25) is 0 Å². The molecule has 0 bridgehead atoms. The normalized spacial score (nSPS) is 11.1. The van der Waals surface area contributed by atoms with Gasteiger partial charge in [0.05, 0.1) is 0 Å². The molecule has 4 nitrogen and oxygen atoms in total. The lowest BCUT2D eigenvalue weighted by Crippen LogP contribution is -2.06. The molecule has 4 heteroatoms. The lowest BCUT2D eigenvalue weighted by molar-refractivity contribution is -0.112. The maximum atomic E-state index is 10.6. The standard InChI is InChI=1S/C5H9N3O/c1-3-5(9)4(2)7-8-6/h6H,3H2,1-2H3/b7-4+,8-6?. The van der Waals surface area contributed by atoms with Crippen molar-refractivity contribution in [3.8, 4) is 0 Å². The Kier molecular flexibility index (Phi) is 3.43. The van der Waals surface area contributed by atoms with E-state index in [0.29, 0.717) is 12.1 Å². The predicted octanol–water partition coefficient (Wildman–Crippen LogP) is 1.37. The van der Waals surface area contributed by atoms with Gasteiger partial charge in [-0.1, -0.05) is 12.1 Å². The summed E-state index contributed by atoms with van der Waals surface area (Å²) in [5.41, 5.74) is 6.59.